The van der Waals surface area contributed by atoms with Gasteiger partial charge in [0.2, 0.25) is 0 Å². The Morgan fingerprint density at radius 1 is 1.29 bits per heavy atom. The number of carbonyl (C=O) groups excluding carboxylic acids is 1. The summed E-state index contributed by atoms with van der Waals surface area (Å²) >= 11 is 0.955. The Hall–Kier alpha value is -2.41. The van der Waals surface area contributed by atoms with Crippen molar-refractivity contribution in [1.29, 1.82) is 0 Å². The number of carbonyl (C=O) groups is 2. The number of carboxylic acids is 1. The van der Waals surface area contributed by atoms with Gasteiger partial charge in [-0.25, -0.2) is 4.79 Å². The molecule has 2 rings (SSSR count). The normalized spacial score (nSPS) is 10.4. The highest BCUT2D eigenvalue weighted by atomic mass is 32.1. The van der Waals surface area contributed by atoms with Crippen molar-refractivity contribution < 1.29 is 19.8 Å². The predicted octanol–water partition coefficient (Wildman–Crippen LogP) is 2.44. The van der Waals surface area contributed by atoms with Crippen LogP contribution in [-0.4, -0.2) is 33.5 Å². The highest BCUT2D eigenvalue weighted by Crippen LogP contribution is 2.29. The molecular weight excluding hydrogens is 292 g/mol. The van der Waals surface area contributed by atoms with E-state index in [4.69, 9.17) is 0 Å². The van der Waals surface area contributed by atoms with Crippen LogP contribution in [0.5, 0.6) is 5.75 Å². The van der Waals surface area contributed by atoms with Gasteiger partial charge in [0, 0.05) is 12.6 Å². The number of hydrogen-bond acceptors (Lipinski definition) is 5. The minimum atomic E-state index is -1.12. The number of rotatable bonds is 3. The summed E-state index contributed by atoms with van der Waals surface area (Å²) in [5, 5.41) is 19.1. The maximum Gasteiger partial charge on any atom is 0.340 e. The number of benzene rings is 1. The van der Waals surface area contributed by atoms with E-state index in [0.29, 0.717) is 11.3 Å². The van der Waals surface area contributed by atoms with Gasteiger partial charge in [-0.15, -0.1) is 0 Å². The number of aryl methyl sites for hydroxylation is 2. The van der Waals surface area contributed by atoms with Crippen molar-refractivity contribution in [3.63, 3.8) is 0 Å². The van der Waals surface area contributed by atoms with Crippen LogP contribution in [0.1, 0.15) is 32.0 Å². The molecular formula is C14H14N2O4S. The van der Waals surface area contributed by atoms with Gasteiger partial charge in [-0.05, 0) is 43.1 Å². The zero-order valence-corrected chi connectivity index (χ0v) is 12.6. The Bertz CT molecular complexity index is 724. The summed E-state index contributed by atoms with van der Waals surface area (Å²) in [4.78, 5) is 24.9. The molecule has 0 radical (unpaired) electrons. The van der Waals surface area contributed by atoms with E-state index >= 15 is 0 Å². The fraction of sp³-hybridized carbons (Fsp3) is 0.214. The smallest absolute Gasteiger partial charge is 0.340 e. The van der Waals surface area contributed by atoms with Gasteiger partial charge in [-0.1, -0.05) is 6.07 Å². The van der Waals surface area contributed by atoms with Crippen molar-refractivity contribution in [3.05, 3.63) is 40.6 Å². The van der Waals surface area contributed by atoms with Crippen molar-refractivity contribution in [2.24, 2.45) is 0 Å². The molecule has 0 unspecified atom stereocenters. The first-order chi connectivity index (χ1) is 9.82. The fourth-order valence-corrected chi connectivity index (χ4v) is 2.71. The monoisotopic (exact) mass is 306 g/mol. The second-order valence-corrected chi connectivity index (χ2v) is 5.37. The number of amides is 1. The number of anilines is 1. The molecule has 0 atom stereocenters. The van der Waals surface area contributed by atoms with Crippen LogP contribution < -0.4 is 4.90 Å². The molecule has 0 fully saturated rings. The molecule has 2 N–H and O–H groups in total. The van der Waals surface area contributed by atoms with Crippen LogP contribution in [0.4, 0.5) is 5.00 Å². The van der Waals surface area contributed by atoms with Gasteiger partial charge < -0.3 is 15.1 Å². The lowest BCUT2D eigenvalue weighted by molar-refractivity contribution is 0.0697. The highest BCUT2D eigenvalue weighted by Gasteiger charge is 2.24. The third-order valence-corrected chi connectivity index (χ3v) is 4.14. The van der Waals surface area contributed by atoms with E-state index in [1.54, 1.807) is 26.0 Å². The average Bonchev–Trinajstić information content (AvgIpc) is 2.82. The Balaban J connectivity index is 2.40. The summed E-state index contributed by atoms with van der Waals surface area (Å²) < 4.78 is 3.98. The third-order valence-electron chi connectivity index (χ3n) is 3.12. The van der Waals surface area contributed by atoms with Crippen molar-refractivity contribution in [2.75, 3.05) is 11.9 Å². The molecule has 0 aliphatic heterocycles. The molecule has 110 valence electrons. The maximum atomic E-state index is 12.4. The van der Waals surface area contributed by atoms with Gasteiger partial charge in [-0.3, -0.25) is 4.79 Å². The molecule has 1 heterocycles. The molecule has 1 aromatic carbocycles. The topological polar surface area (TPSA) is 90.7 Å². The van der Waals surface area contributed by atoms with E-state index in [0.717, 1.165) is 11.5 Å². The number of phenolic OH excluding ortho intramolecular Hbond substituents is 1. The Morgan fingerprint density at radius 3 is 2.52 bits per heavy atom. The number of hydrogen-bond donors (Lipinski definition) is 2. The van der Waals surface area contributed by atoms with E-state index in [2.05, 4.69) is 4.37 Å². The zero-order chi connectivity index (χ0) is 15.7. The standard InChI is InChI=1S/C14H14N2O4S/c1-7-4-5-9(6-10(7)17)12(18)16(3)13-11(14(19)20)8(2)15-21-13/h4-6,17H,1-3H3,(H,19,20). The highest BCUT2D eigenvalue weighted by molar-refractivity contribution is 7.11. The zero-order valence-electron chi connectivity index (χ0n) is 11.7. The van der Waals surface area contributed by atoms with E-state index in [-0.39, 0.29) is 21.9 Å². The molecule has 1 amide bonds. The molecule has 0 spiro atoms. The van der Waals surface area contributed by atoms with Crippen molar-refractivity contribution in [1.82, 2.24) is 4.37 Å². The molecule has 2 aromatic rings. The summed E-state index contributed by atoms with van der Waals surface area (Å²) in [7, 11) is 1.48. The van der Waals surface area contributed by atoms with Crippen molar-refractivity contribution in [3.8, 4) is 5.75 Å². The fourth-order valence-electron chi connectivity index (χ4n) is 1.86. The molecule has 0 saturated heterocycles. The van der Waals surface area contributed by atoms with Gasteiger partial charge in [0.15, 0.2) is 0 Å². The van der Waals surface area contributed by atoms with E-state index < -0.39 is 11.9 Å². The van der Waals surface area contributed by atoms with E-state index in [1.807, 2.05) is 0 Å². The molecule has 7 heteroatoms. The first kappa shape index (κ1) is 15.0. The summed E-state index contributed by atoms with van der Waals surface area (Å²) in [5.41, 5.74) is 1.33. The Labute approximate surface area is 125 Å². The quantitative estimate of drug-likeness (QED) is 0.909. The summed E-state index contributed by atoms with van der Waals surface area (Å²) in [6.45, 7) is 3.31. The van der Waals surface area contributed by atoms with E-state index in [9.17, 15) is 19.8 Å². The lowest BCUT2D eigenvalue weighted by Crippen LogP contribution is -2.27. The lowest BCUT2D eigenvalue weighted by atomic mass is 10.1. The summed E-state index contributed by atoms with van der Waals surface area (Å²) in [6.07, 6.45) is 0. The molecule has 1 aromatic heterocycles. The number of nitrogens with zero attached hydrogens (tertiary/aromatic N) is 2. The number of aromatic carboxylic acids is 1. The SMILES string of the molecule is Cc1ccc(C(=O)N(C)c2snc(C)c2C(=O)O)cc1O. The molecule has 21 heavy (non-hydrogen) atoms. The predicted molar refractivity (Wildman–Crippen MR) is 79.4 cm³/mol. The van der Waals surface area contributed by atoms with Crippen molar-refractivity contribution in [2.45, 2.75) is 13.8 Å². The van der Waals surface area contributed by atoms with Gasteiger partial charge >= 0.3 is 5.97 Å². The summed E-state index contributed by atoms with van der Waals surface area (Å²) in [6, 6.07) is 4.58. The number of aromatic hydroxyl groups is 1. The maximum absolute atomic E-state index is 12.4. The first-order valence-electron chi connectivity index (χ1n) is 6.10. The molecule has 6 nitrogen and oxygen atoms in total. The largest absolute Gasteiger partial charge is 0.508 e. The first-order valence-corrected chi connectivity index (χ1v) is 6.87. The molecule has 0 aliphatic carbocycles. The Morgan fingerprint density at radius 2 is 1.95 bits per heavy atom. The average molecular weight is 306 g/mol. The minimum absolute atomic E-state index is 0.0205. The van der Waals surface area contributed by atoms with E-state index in [1.165, 1.54) is 18.0 Å². The van der Waals surface area contributed by atoms with Gasteiger partial charge in [-0.2, -0.15) is 4.37 Å². The van der Waals surface area contributed by atoms with Gasteiger partial charge in [0.05, 0.1) is 5.69 Å². The number of carboxylic acid groups (broad SMARTS) is 1. The van der Waals surface area contributed by atoms with Crippen LogP contribution in [0, 0.1) is 13.8 Å². The van der Waals surface area contributed by atoms with Gasteiger partial charge in [0.25, 0.3) is 5.91 Å². The second kappa shape index (κ2) is 5.53. The van der Waals surface area contributed by atoms with Crippen LogP contribution >= 0.6 is 11.5 Å². The molecule has 0 aliphatic rings. The molecule has 0 saturated carbocycles. The number of aromatic nitrogens is 1. The van der Waals surface area contributed by atoms with Crippen LogP contribution in [-0.2, 0) is 0 Å². The Kier molecular flexibility index (Phi) is 3.95. The summed E-state index contributed by atoms with van der Waals surface area (Å²) in [5.74, 6) is -1.51. The van der Waals surface area contributed by atoms with Crippen LogP contribution in [0.3, 0.4) is 0 Å². The van der Waals surface area contributed by atoms with Crippen LogP contribution in [0.2, 0.25) is 0 Å². The second-order valence-electron chi connectivity index (χ2n) is 4.62. The van der Waals surface area contributed by atoms with Crippen LogP contribution in [0.25, 0.3) is 0 Å². The van der Waals surface area contributed by atoms with Gasteiger partial charge in [0.1, 0.15) is 16.3 Å². The molecule has 0 bridgehead atoms. The van der Waals surface area contributed by atoms with Crippen molar-refractivity contribution >= 4 is 28.4 Å². The number of phenols is 1. The minimum Gasteiger partial charge on any atom is -0.508 e. The van der Waals surface area contributed by atoms with Crippen LogP contribution in [0.15, 0.2) is 18.2 Å². The lowest BCUT2D eigenvalue weighted by Gasteiger charge is -2.16. The third kappa shape index (κ3) is 2.73.